The van der Waals surface area contributed by atoms with Crippen LogP contribution in [0, 0.1) is 0 Å². The highest BCUT2D eigenvalue weighted by Crippen LogP contribution is 2.22. The average molecular weight is 193 g/mol. The summed E-state index contributed by atoms with van der Waals surface area (Å²) >= 11 is 0. The minimum atomic E-state index is -0.101. The molecule has 0 unspecified atom stereocenters. The third-order valence-corrected chi connectivity index (χ3v) is 1.80. The second-order valence-corrected chi connectivity index (χ2v) is 2.73. The van der Waals surface area contributed by atoms with Gasteiger partial charge >= 0.3 is 0 Å². The maximum atomic E-state index is 11.2. The van der Waals surface area contributed by atoms with Gasteiger partial charge in [-0.05, 0) is 25.1 Å². The normalized spacial score (nSPS) is 9.29. The van der Waals surface area contributed by atoms with Crippen molar-refractivity contribution in [3.63, 3.8) is 0 Å². The Kier molecular flexibility index (Phi) is 3.23. The quantitative estimate of drug-likeness (QED) is 0.581. The predicted octanol–water partition coefficient (Wildman–Crippen LogP) is 1.47. The Morgan fingerprint density at radius 2 is 2.21 bits per heavy atom. The summed E-state index contributed by atoms with van der Waals surface area (Å²) in [7, 11) is 1.49. The Labute approximate surface area is 81.9 Å². The Bertz CT molecular complexity index is 360. The highest BCUT2D eigenvalue weighted by atomic mass is 16.5. The third kappa shape index (κ3) is 2.10. The fraction of sp³-hybridized carbons (Fsp3) is 0.200. The summed E-state index contributed by atoms with van der Waals surface area (Å²) in [5.41, 5.74) is 1.03. The zero-order valence-corrected chi connectivity index (χ0v) is 8.03. The zero-order valence-electron chi connectivity index (χ0n) is 8.03. The number of amides is 1. The lowest BCUT2D eigenvalue weighted by Crippen LogP contribution is -2.00. The summed E-state index contributed by atoms with van der Waals surface area (Å²) in [5, 5.41) is 2.47. The van der Waals surface area contributed by atoms with E-state index < -0.39 is 0 Å². The van der Waals surface area contributed by atoms with Crippen molar-refractivity contribution in [3.05, 3.63) is 23.8 Å². The Hall–Kier alpha value is -1.84. The first-order valence-corrected chi connectivity index (χ1v) is 4.08. The number of rotatable bonds is 4. The van der Waals surface area contributed by atoms with Gasteiger partial charge in [0.1, 0.15) is 5.75 Å². The average Bonchev–Trinajstić information content (AvgIpc) is 2.18. The molecule has 0 fully saturated rings. The molecule has 0 heterocycles. The first kappa shape index (κ1) is 10.2. The molecule has 0 spiro atoms. The van der Waals surface area contributed by atoms with Crippen LogP contribution in [-0.4, -0.2) is 19.3 Å². The fourth-order valence-corrected chi connectivity index (χ4v) is 1.14. The van der Waals surface area contributed by atoms with Crippen LogP contribution < -0.4 is 10.1 Å². The van der Waals surface area contributed by atoms with E-state index >= 15 is 0 Å². The van der Waals surface area contributed by atoms with Gasteiger partial charge in [-0.1, -0.05) is 0 Å². The summed E-state index contributed by atoms with van der Waals surface area (Å²) < 4.78 is 5.00. The lowest BCUT2D eigenvalue weighted by molar-refractivity contribution is -0.105. The van der Waals surface area contributed by atoms with Crippen LogP contribution in [0.25, 0.3) is 0 Å². The van der Waals surface area contributed by atoms with Crippen LogP contribution in [0.2, 0.25) is 0 Å². The number of ketones is 1. The van der Waals surface area contributed by atoms with Gasteiger partial charge in [-0.15, -0.1) is 0 Å². The minimum absolute atomic E-state index is 0.101. The number of carbonyl (C=O) groups is 2. The van der Waals surface area contributed by atoms with Crippen molar-refractivity contribution in [2.45, 2.75) is 6.92 Å². The van der Waals surface area contributed by atoms with E-state index in [-0.39, 0.29) is 5.78 Å². The third-order valence-electron chi connectivity index (χ3n) is 1.80. The van der Waals surface area contributed by atoms with Crippen molar-refractivity contribution in [2.75, 3.05) is 12.4 Å². The van der Waals surface area contributed by atoms with Gasteiger partial charge in [-0.2, -0.15) is 0 Å². The molecule has 1 N–H and O–H groups in total. The van der Waals surface area contributed by atoms with Crippen LogP contribution in [0.4, 0.5) is 5.69 Å². The molecule has 4 nitrogen and oxygen atoms in total. The molecule has 1 rings (SSSR count). The number of carbonyl (C=O) groups excluding carboxylic acids is 2. The molecule has 0 aliphatic heterocycles. The molecule has 0 aliphatic rings. The van der Waals surface area contributed by atoms with Crippen LogP contribution in [-0.2, 0) is 4.79 Å². The first-order valence-electron chi connectivity index (χ1n) is 4.08. The van der Waals surface area contributed by atoms with Crippen molar-refractivity contribution in [1.82, 2.24) is 0 Å². The fourth-order valence-electron chi connectivity index (χ4n) is 1.14. The summed E-state index contributed by atoms with van der Waals surface area (Å²) in [4.78, 5) is 21.4. The molecule has 4 heteroatoms. The number of hydrogen-bond donors (Lipinski definition) is 1. The number of hydrogen-bond acceptors (Lipinski definition) is 3. The van der Waals surface area contributed by atoms with E-state index in [2.05, 4.69) is 5.32 Å². The molecule has 1 amide bonds. The molecular formula is C10H11NO3. The number of benzene rings is 1. The second-order valence-electron chi connectivity index (χ2n) is 2.73. The predicted molar refractivity (Wildman–Crippen MR) is 52.7 cm³/mol. The number of anilines is 1. The number of nitrogens with one attached hydrogen (secondary N) is 1. The molecule has 1 aromatic rings. The summed E-state index contributed by atoms with van der Waals surface area (Å²) in [6, 6.07) is 4.89. The van der Waals surface area contributed by atoms with Gasteiger partial charge < -0.3 is 10.1 Å². The molecule has 74 valence electrons. The lowest BCUT2D eigenvalue weighted by Gasteiger charge is -2.07. The Balaban J connectivity index is 3.13. The molecule has 1 aromatic carbocycles. The maximum Gasteiger partial charge on any atom is 0.211 e. The molecule has 0 saturated carbocycles. The topological polar surface area (TPSA) is 55.4 Å². The van der Waals surface area contributed by atoms with E-state index in [0.717, 1.165) is 0 Å². The SMILES string of the molecule is COc1ccc(NC=O)cc1C(C)=O. The van der Waals surface area contributed by atoms with Gasteiger partial charge in [-0.3, -0.25) is 9.59 Å². The van der Waals surface area contributed by atoms with E-state index in [9.17, 15) is 9.59 Å². The van der Waals surface area contributed by atoms with Crippen molar-refractivity contribution in [3.8, 4) is 5.75 Å². The standard InChI is InChI=1S/C10H11NO3/c1-7(13)9-5-8(11-6-12)3-4-10(9)14-2/h3-6H,1-2H3,(H,11,12). The largest absolute Gasteiger partial charge is 0.496 e. The van der Waals surface area contributed by atoms with E-state index in [1.54, 1.807) is 18.2 Å². The highest BCUT2D eigenvalue weighted by molar-refractivity contribution is 5.98. The number of ether oxygens (including phenoxy) is 1. The zero-order chi connectivity index (χ0) is 10.6. The highest BCUT2D eigenvalue weighted by Gasteiger charge is 2.08. The molecule has 0 atom stereocenters. The van der Waals surface area contributed by atoms with E-state index in [4.69, 9.17) is 4.74 Å². The van der Waals surface area contributed by atoms with E-state index in [1.807, 2.05) is 0 Å². The van der Waals surface area contributed by atoms with Crippen LogP contribution >= 0.6 is 0 Å². The van der Waals surface area contributed by atoms with Crippen molar-refractivity contribution in [2.24, 2.45) is 0 Å². The maximum absolute atomic E-state index is 11.2. The number of Topliss-reactive ketones (excluding diaryl/α,β-unsaturated/α-hetero) is 1. The van der Waals surface area contributed by atoms with Gasteiger partial charge in [0, 0.05) is 5.69 Å². The van der Waals surface area contributed by atoms with Crippen molar-refractivity contribution in [1.29, 1.82) is 0 Å². The molecule has 0 radical (unpaired) electrons. The Morgan fingerprint density at radius 1 is 1.50 bits per heavy atom. The smallest absolute Gasteiger partial charge is 0.211 e. The molecule has 0 saturated heterocycles. The van der Waals surface area contributed by atoms with Crippen molar-refractivity contribution >= 4 is 17.9 Å². The first-order chi connectivity index (χ1) is 6.69. The van der Waals surface area contributed by atoms with E-state index in [1.165, 1.54) is 14.0 Å². The van der Waals surface area contributed by atoms with Gasteiger partial charge in [0.15, 0.2) is 5.78 Å². The molecule has 0 aromatic heterocycles. The van der Waals surface area contributed by atoms with Crippen LogP contribution in [0.15, 0.2) is 18.2 Å². The molecule has 0 aliphatic carbocycles. The summed E-state index contributed by atoms with van der Waals surface area (Å²) in [5.74, 6) is 0.408. The lowest BCUT2D eigenvalue weighted by atomic mass is 10.1. The van der Waals surface area contributed by atoms with Crippen LogP contribution in [0.1, 0.15) is 17.3 Å². The molecule has 14 heavy (non-hydrogen) atoms. The van der Waals surface area contributed by atoms with Crippen molar-refractivity contribution < 1.29 is 14.3 Å². The monoisotopic (exact) mass is 193 g/mol. The molecular weight excluding hydrogens is 182 g/mol. The van der Waals surface area contributed by atoms with Crippen LogP contribution in [0.3, 0.4) is 0 Å². The van der Waals surface area contributed by atoms with Gasteiger partial charge in [0.25, 0.3) is 0 Å². The number of methoxy groups -OCH3 is 1. The second kappa shape index (κ2) is 4.41. The van der Waals surface area contributed by atoms with Crippen LogP contribution in [0.5, 0.6) is 5.75 Å². The van der Waals surface area contributed by atoms with Gasteiger partial charge in [0.2, 0.25) is 6.41 Å². The van der Waals surface area contributed by atoms with Gasteiger partial charge in [0.05, 0.1) is 12.7 Å². The Morgan fingerprint density at radius 3 is 2.71 bits per heavy atom. The molecule has 0 bridgehead atoms. The summed E-state index contributed by atoms with van der Waals surface area (Å²) in [6.07, 6.45) is 0.561. The summed E-state index contributed by atoms with van der Waals surface area (Å²) in [6.45, 7) is 1.45. The minimum Gasteiger partial charge on any atom is -0.496 e. The van der Waals surface area contributed by atoms with Gasteiger partial charge in [-0.25, -0.2) is 0 Å². The van der Waals surface area contributed by atoms with E-state index in [0.29, 0.717) is 23.4 Å².